The molecule has 7 heteroatoms. The molecular formula is C13H14N4O3. The van der Waals surface area contributed by atoms with Crippen LogP contribution in [0, 0.1) is 6.92 Å². The third-order valence-electron chi connectivity index (χ3n) is 2.68. The highest BCUT2D eigenvalue weighted by Crippen LogP contribution is 2.14. The van der Waals surface area contributed by atoms with Crippen LogP contribution in [-0.2, 0) is 0 Å². The molecule has 1 amide bonds. The number of nitrogens with two attached hydrogens (primary N) is 1. The lowest BCUT2D eigenvalue weighted by Gasteiger charge is -2.16. The van der Waals surface area contributed by atoms with E-state index in [4.69, 9.17) is 15.5 Å². The van der Waals surface area contributed by atoms with Gasteiger partial charge in [0, 0.05) is 6.07 Å². The zero-order valence-corrected chi connectivity index (χ0v) is 10.8. The minimum Gasteiger partial charge on any atom is -0.409 e. The molecule has 0 saturated heterocycles. The predicted octanol–water partition coefficient (Wildman–Crippen LogP) is 1.20. The van der Waals surface area contributed by atoms with Crippen LogP contribution in [0.15, 0.2) is 46.1 Å². The third-order valence-corrected chi connectivity index (χ3v) is 2.68. The Labute approximate surface area is 115 Å². The Morgan fingerprint density at radius 3 is 2.70 bits per heavy atom. The molecule has 0 spiro atoms. The lowest BCUT2D eigenvalue weighted by atomic mass is 10.1. The fourth-order valence-electron chi connectivity index (χ4n) is 1.71. The SMILES string of the molecule is Cc1cc(C(=O)NC(C(N)=NO)c2ccccc2)no1. The molecule has 1 aromatic carbocycles. The Morgan fingerprint density at radius 2 is 2.15 bits per heavy atom. The number of nitrogens with zero attached hydrogens (tertiary/aromatic N) is 2. The number of oxime groups is 1. The number of hydrogen-bond acceptors (Lipinski definition) is 5. The summed E-state index contributed by atoms with van der Waals surface area (Å²) in [5.74, 6) is -0.0673. The molecule has 20 heavy (non-hydrogen) atoms. The van der Waals surface area contributed by atoms with E-state index in [0.717, 1.165) is 0 Å². The number of amidine groups is 1. The van der Waals surface area contributed by atoms with E-state index in [1.54, 1.807) is 31.2 Å². The lowest BCUT2D eigenvalue weighted by molar-refractivity contribution is 0.0937. The second-order valence-electron chi connectivity index (χ2n) is 4.16. The van der Waals surface area contributed by atoms with Crippen molar-refractivity contribution in [1.82, 2.24) is 10.5 Å². The van der Waals surface area contributed by atoms with Crippen LogP contribution in [0.5, 0.6) is 0 Å². The molecule has 2 rings (SSSR count). The quantitative estimate of drug-likeness (QED) is 0.335. The largest absolute Gasteiger partial charge is 0.409 e. The molecule has 1 unspecified atom stereocenters. The molecule has 0 aliphatic rings. The first kappa shape index (κ1) is 13.6. The number of nitrogens with one attached hydrogen (secondary N) is 1. The molecule has 0 bridgehead atoms. The van der Waals surface area contributed by atoms with E-state index in [1.807, 2.05) is 6.07 Å². The minimum atomic E-state index is -0.745. The zero-order chi connectivity index (χ0) is 14.5. The van der Waals surface area contributed by atoms with Crippen LogP contribution in [0.4, 0.5) is 0 Å². The van der Waals surface area contributed by atoms with Crippen LogP contribution in [-0.4, -0.2) is 22.1 Å². The summed E-state index contributed by atoms with van der Waals surface area (Å²) in [4.78, 5) is 12.0. The molecule has 0 radical (unpaired) electrons. The first-order valence-electron chi connectivity index (χ1n) is 5.88. The van der Waals surface area contributed by atoms with Gasteiger partial charge in [-0.2, -0.15) is 0 Å². The molecule has 0 saturated carbocycles. The summed E-state index contributed by atoms with van der Waals surface area (Å²) in [5, 5.41) is 18.0. The van der Waals surface area contributed by atoms with Gasteiger partial charge >= 0.3 is 0 Å². The minimum absolute atomic E-state index is 0.121. The van der Waals surface area contributed by atoms with E-state index >= 15 is 0 Å². The maximum atomic E-state index is 12.0. The number of hydrogen-bond donors (Lipinski definition) is 3. The van der Waals surface area contributed by atoms with Gasteiger partial charge in [0.2, 0.25) is 0 Å². The van der Waals surface area contributed by atoms with E-state index < -0.39 is 11.9 Å². The van der Waals surface area contributed by atoms with Crippen LogP contribution < -0.4 is 11.1 Å². The molecular weight excluding hydrogens is 260 g/mol. The van der Waals surface area contributed by atoms with E-state index in [0.29, 0.717) is 11.3 Å². The molecule has 1 heterocycles. The number of benzene rings is 1. The van der Waals surface area contributed by atoms with Gasteiger partial charge in [0.05, 0.1) is 0 Å². The van der Waals surface area contributed by atoms with Crippen molar-refractivity contribution in [2.45, 2.75) is 13.0 Å². The lowest BCUT2D eigenvalue weighted by Crippen LogP contribution is -2.37. The number of rotatable bonds is 4. The van der Waals surface area contributed by atoms with Crippen molar-refractivity contribution < 1.29 is 14.5 Å². The average Bonchev–Trinajstić information content (AvgIpc) is 2.91. The fraction of sp³-hybridized carbons (Fsp3) is 0.154. The molecule has 2 aromatic rings. The second kappa shape index (κ2) is 5.87. The van der Waals surface area contributed by atoms with E-state index in [-0.39, 0.29) is 11.5 Å². The van der Waals surface area contributed by atoms with Gasteiger partial charge in [-0.1, -0.05) is 40.6 Å². The standard InChI is InChI=1S/C13H14N4O3/c1-8-7-10(17-20-8)13(18)15-11(12(14)16-19)9-5-3-2-4-6-9/h2-7,11,19H,1H3,(H2,14,16)(H,15,18). The van der Waals surface area contributed by atoms with Gasteiger partial charge < -0.3 is 20.8 Å². The molecule has 104 valence electrons. The first-order valence-corrected chi connectivity index (χ1v) is 5.88. The van der Waals surface area contributed by atoms with Crippen molar-refractivity contribution in [2.24, 2.45) is 10.9 Å². The molecule has 7 nitrogen and oxygen atoms in total. The van der Waals surface area contributed by atoms with Crippen molar-refractivity contribution in [2.75, 3.05) is 0 Å². The third kappa shape index (κ3) is 2.94. The highest BCUT2D eigenvalue weighted by molar-refractivity contribution is 5.97. The monoisotopic (exact) mass is 274 g/mol. The van der Waals surface area contributed by atoms with Crippen molar-refractivity contribution in [3.05, 3.63) is 53.4 Å². The maximum Gasteiger partial charge on any atom is 0.274 e. The Hall–Kier alpha value is -2.83. The number of aromatic nitrogens is 1. The highest BCUT2D eigenvalue weighted by atomic mass is 16.5. The van der Waals surface area contributed by atoms with Crippen molar-refractivity contribution >= 4 is 11.7 Å². The summed E-state index contributed by atoms with van der Waals surface area (Å²) in [6, 6.07) is 9.69. The van der Waals surface area contributed by atoms with Gasteiger partial charge in [-0.15, -0.1) is 0 Å². The predicted molar refractivity (Wildman–Crippen MR) is 71.3 cm³/mol. The van der Waals surface area contributed by atoms with E-state index in [2.05, 4.69) is 15.6 Å². The second-order valence-corrected chi connectivity index (χ2v) is 4.16. The summed E-state index contributed by atoms with van der Waals surface area (Å²) in [6.45, 7) is 1.68. The Balaban J connectivity index is 2.23. The van der Waals surface area contributed by atoms with Crippen LogP contribution in [0.25, 0.3) is 0 Å². The van der Waals surface area contributed by atoms with Gasteiger partial charge in [-0.25, -0.2) is 0 Å². The van der Waals surface area contributed by atoms with Gasteiger partial charge in [0.1, 0.15) is 11.8 Å². The van der Waals surface area contributed by atoms with E-state index in [1.165, 1.54) is 6.07 Å². The molecule has 1 atom stereocenters. The Bertz CT molecular complexity index is 622. The van der Waals surface area contributed by atoms with Crippen LogP contribution in [0.2, 0.25) is 0 Å². The van der Waals surface area contributed by atoms with Crippen LogP contribution in [0.1, 0.15) is 27.9 Å². The fourth-order valence-corrected chi connectivity index (χ4v) is 1.71. The topological polar surface area (TPSA) is 114 Å². The van der Waals surface area contributed by atoms with Crippen LogP contribution in [0.3, 0.4) is 0 Å². The summed E-state index contributed by atoms with van der Waals surface area (Å²) in [6.07, 6.45) is 0. The van der Waals surface area contributed by atoms with Gasteiger partial charge in [0.15, 0.2) is 11.5 Å². The van der Waals surface area contributed by atoms with Gasteiger partial charge in [-0.05, 0) is 12.5 Å². The number of aryl methyl sites for hydroxylation is 1. The number of carbonyl (C=O) groups excluding carboxylic acids is 1. The molecule has 0 aliphatic heterocycles. The smallest absolute Gasteiger partial charge is 0.274 e. The van der Waals surface area contributed by atoms with Crippen LogP contribution >= 0.6 is 0 Å². The molecule has 0 aliphatic carbocycles. The molecule has 4 N–H and O–H groups in total. The average molecular weight is 274 g/mol. The number of amides is 1. The van der Waals surface area contributed by atoms with Crippen molar-refractivity contribution in [3.8, 4) is 0 Å². The number of carbonyl (C=O) groups is 1. The Kier molecular flexibility index (Phi) is 3.99. The summed E-state index contributed by atoms with van der Waals surface area (Å²) in [5.41, 5.74) is 6.45. The molecule has 0 fully saturated rings. The zero-order valence-electron chi connectivity index (χ0n) is 10.8. The summed E-state index contributed by atoms with van der Waals surface area (Å²) in [7, 11) is 0. The first-order chi connectivity index (χ1) is 9.61. The Morgan fingerprint density at radius 1 is 1.45 bits per heavy atom. The van der Waals surface area contributed by atoms with Gasteiger partial charge in [0.25, 0.3) is 5.91 Å². The van der Waals surface area contributed by atoms with Gasteiger partial charge in [-0.3, -0.25) is 4.79 Å². The van der Waals surface area contributed by atoms with Crippen molar-refractivity contribution in [3.63, 3.8) is 0 Å². The summed E-state index contributed by atoms with van der Waals surface area (Å²) < 4.78 is 4.84. The maximum absolute atomic E-state index is 12.0. The summed E-state index contributed by atoms with van der Waals surface area (Å²) >= 11 is 0. The van der Waals surface area contributed by atoms with Crippen molar-refractivity contribution in [1.29, 1.82) is 0 Å². The normalized spacial score (nSPS) is 12.9. The highest BCUT2D eigenvalue weighted by Gasteiger charge is 2.21. The molecule has 1 aromatic heterocycles. The van der Waals surface area contributed by atoms with E-state index in [9.17, 15) is 4.79 Å².